The van der Waals surface area contributed by atoms with Crippen LogP contribution >= 0.6 is 0 Å². The van der Waals surface area contributed by atoms with Crippen LogP contribution in [0.5, 0.6) is 0 Å². The summed E-state index contributed by atoms with van der Waals surface area (Å²) in [6, 6.07) is 0. The smallest absolute Gasteiger partial charge is 0.248 e. The van der Waals surface area contributed by atoms with Crippen molar-refractivity contribution in [2.75, 3.05) is 26.8 Å². The zero-order valence-corrected chi connectivity index (χ0v) is 9.44. The van der Waals surface area contributed by atoms with Gasteiger partial charge in [0.1, 0.15) is 6.61 Å². The van der Waals surface area contributed by atoms with Crippen LogP contribution in [0.25, 0.3) is 0 Å². The predicted octanol–water partition coefficient (Wildman–Crippen LogP) is 0.659. The molecule has 0 aromatic carbocycles. The van der Waals surface area contributed by atoms with Crippen molar-refractivity contribution in [3.8, 4) is 0 Å². The summed E-state index contributed by atoms with van der Waals surface area (Å²) in [6.45, 7) is 3.97. The van der Waals surface area contributed by atoms with E-state index in [4.69, 9.17) is 9.47 Å². The Morgan fingerprint density at radius 1 is 1.60 bits per heavy atom. The van der Waals surface area contributed by atoms with E-state index >= 15 is 0 Å². The van der Waals surface area contributed by atoms with E-state index in [2.05, 4.69) is 6.92 Å². The summed E-state index contributed by atoms with van der Waals surface area (Å²) in [6.07, 6.45) is 2.80. The lowest BCUT2D eigenvalue weighted by Crippen LogP contribution is -2.45. The van der Waals surface area contributed by atoms with E-state index in [9.17, 15) is 4.79 Å². The second kappa shape index (κ2) is 4.49. The zero-order valence-electron chi connectivity index (χ0n) is 9.44. The largest absolute Gasteiger partial charge is 0.375 e. The summed E-state index contributed by atoms with van der Waals surface area (Å²) in [5.41, 5.74) is 0. The van der Waals surface area contributed by atoms with Gasteiger partial charge in [0.2, 0.25) is 5.91 Å². The van der Waals surface area contributed by atoms with Gasteiger partial charge in [-0.15, -0.1) is 0 Å². The Morgan fingerprint density at radius 3 is 3.13 bits per heavy atom. The van der Waals surface area contributed by atoms with Crippen LogP contribution in [0.1, 0.15) is 19.8 Å². The standard InChI is InChI=1S/C11H19NO3/c1-8-5-9-6-12(11(13)7-14-2)4-3-10(9)15-8/h8-10H,3-7H2,1-2H3/t8-,9-,10-/m0/s1. The lowest BCUT2D eigenvalue weighted by molar-refractivity contribution is -0.138. The number of hydrogen-bond donors (Lipinski definition) is 0. The first-order valence-corrected chi connectivity index (χ1v) is 5.63. The molecule has 2 aliphatic rings. The number of ether oxygens (including phenoxy) is 2. The van der Waals surface area contributed by atoms with Crippen LogP contribution in [0.3, 0.4) is 0 Å². The third kappa shape index (κ3) is 2.32. The van der Waals surface area contributed by atoms with Crippen molar-refractivity contribution >= 4 is 5.91 Å². The van der Waals surface area contributed by atoms with Gasteiger partial charge in [-0.2, -0.15) is 0 Å². The number of piperidine rings is 1. The Labute approximate surface area is 90.5 Å². The highest BCUT2D eigenvalue weighted by molar-refractivity contribution is 5.77. The molecule has 1 amide bonds. The number of likely N-dealkylation sites (tertiary alicyclic amines) is 1. The first-order valence-electron chi connectivity index (χ1n) is 5.63. The number of nitrogens with zero attached hydrogens (tertiary/aromatic N) is 1. The normalized spacial score (nSPS) is 35.3. The third-order valence-corrected chi connectivity index (χ3v) is 3.33. The van der Waals surface area contributed by atoms with Crippen LogP contribution < -0.4 is 0 Å². The molecule has 0 aromatic heterocycles. The van der Waals surface area contributed by atoms with Crippen molar-refractivity contribution in [3.05, 3.63) is 0 Å². The van der Waals surface area contributed by atoms with Crippen molar-refractivity contribution in [3.63, 3.8) is 0 Å². The lowest BCUT2D eigenvalue weighted by atomic mass is 9.93. The fraction of sp³-hybridized carbons (Fsp3) is 0.909. The van der Waals surface area contributed by atoms with Gasteiger partial charge in [-0.05, 0) is 19.8 Å². The lowest BCUT2D eigenvalue weighted by Gasteiger charge is -2.33. The van der Waals surface area contributed by atoms with Gasteiger partial charge in [0.15, 0.2) is 0 Å². The number of methoxy groups -OCH3 is 1. The van der Waals surface area contributed by atoms with E-state index in [1.807, 2.05) is 4.90 Å². The Morgan fingerprint density at radius 2 is 2.40 bits per heavy atom. The van der Waals surface area contributed by atoms with Crippen LogP contribution in [0.4, 0.5) is 0 Å². The minimum atomic E-state index is 0.107. The Balaban J connectivity index is 1.89. The van der Waals surface area contributed by atoms with E-state index in [0.717, 1.165) is 25.9 Å². The number of hydrogen-bond acceptors (Lipinski definition) is 3. The van der Waals surface area contributed by atoms with Crippen LogP contribution in [-0.4, -0.2) is 49.8 Å². The van der Waals surface area contributed by atoms with E-state index in [1.54, 1.807) is 7.11 Å². The van der Waals surface area contributed by atoms with Gasteiger partial charge in [-0.3, -0.25) is 4.79 Å². The maximum atomic E-state index is 11.6. The molecule has 2 heterocycles. The molecule has 0 bridgehead atoms. The molecule has 0 spiro atoms. The topological polar surface area (TPSA) is 38.8 Å². The van der Waals surface area contributed by atoms with Gasteiger partial charge < -0.3 is 14.4 Å². The fourth-order valence-electron chi connectivity index (χ4n) is 2.64. The van der Waals surface area contributed by atoms with Crippen molar-refractivity contribution in [2.45, 2.75) is 32.0 Å². The molecular formula is C11H19NO3. The maximum absolute atomic E-state index is 11.6. The molecular weight excluding hydrogens is 194 g/mol. The Bertz CT molecular complexity index is 244. The van der Waals surface area contributed by atoms with Gasteiger partial charge in [-0.25, -0.2) is 0 Å². The van der Waals surface area contributed by atoms with Crippen LogP contribution in [0.2, 0.25) is 0 Å². The van der Waals surface area contributed by atoms with E-state index in [-0.39, 0.29) is 12.5 Å². The van der Waals surface area contributed by atoms with Crippen molar-refractivity contribution in [2.24, 2.45) is 5.92 Å². The predicted molar refractivity (Wildman–Crippen MR) is 55.5 cm³/mol. The monoisotopic (exact) mass is 213 g/mol. The van der Waals surface area contributed by atoms with Crippen molar-refractivity contribution in [1.29, 1.82) is 0 Å². The van der Waals surface area contributed by atoms with Gasteiger partial charge >= 0.3 is 0 Å². The number of amides is 1. The summed E-state index contributed by atoms with van der Waals surface area (Å²) in [5, 5.41) is 0. The molecule has 2 saturated heterocycles. The summed E-state index contributed by atoms with van der Waals surface area (Å²) in [7, 11) is 1.56. The van der Waals surface area contributed by atoms with Crippen LogP contribution in [0.15, 0.2) is 0 Å². The van der Waals surface area contributed by atoms with Crippen LogP contribution in [-0.2, 0) is 14.3 Å². The first-order chi connectivity index (χ1) is 7.20. The molecule has 3 atom stereocenters. The summed E-state index contributed by atoms with van der Waals surface area (Å²) in [4.78, 5) is 13.5. The van der Waals surface area contributed by atoms with Gasteiger partial charge in [0, 0.05) is 26.1 Å². The second-order valence-corrected chi connectivity index (χ2v) is 4.54. The molecule has 0 aliphatic carbocycles. The molecule has 15 heavy (non-hydrogen) atoms. The average Bonchev–Trinajstić information content (AvgIpc) is 2.57. The minimum Gasteiger partial charge on any atom is -0.375 e. The molecule has 4 nitrogen and oxygen atoms in total. The van der Waals surface area contributed by atoms with Gasteiger partial charge in [0.25, 0.3) is 0 Å². The summed E-state index contributed by atoms with van der Waals surface area (Å²) >= 11 is 0. The highest BCUT2D eigenvalue weighted by Gasteiger charge is 2.38. The zero-order chi connectivity index (χ0) is 10.8. The van der Waals surface area contributed by atoms with Gasteiger partial charge in [-0.1, -0.05) is 0 Å². The summed E-state index contributed by atoms with van der Waals surface area (Å²) < 4.78 is 10.7. The molecule has 0 aromatic rings. The first kappa shape index (κ1) is 10.9. The number of fused-ring (bicyclic) bond motifs is 1. The van der Waals surface area contributed by atoms with Crippen molar-refractivity contribution in [1.82, 2.24) is 4.90 Å². The maximum Gasteiger partial charge on any atom is 0.248 e. The molecule has 0 N–H and O–H groups in total. The van der Waals surface area contributed by atoms with Gasteiger partial charge in [0.05, 0.1) is 12.2 Å². The highest BCUT2D eigenvalue weighted by Crippen LogP contribution is 2.32. The van der Waals surface area contributed by atoms with E-state index in [0.29, 0.717) is 18.1 Å². The molecule has 2 fully saturated rings. The molecule has 0 radical (unpaired) electrons. The van der Waals surface area contributed by atoms with Crippen molar-refractivity contribution < 1.29 is 14.3 Å². The minimum absolute atomic E-state index is 0.107. The van der Waals surface area contributed by atoms with E-state index < -0.39 is 0 Å². The molecule has 0 unspecified atom stereocenters. The Hall–Kier alpha value is -0.610. The summed E-state index contributed by atoms with van der Waals surface area (Å²) in [5.74, 6) is 0.644. The number of carbonyl (C=O) groups is 1. The SMILES string of the molecule is COCC(=O)N1CC[C@@H]2O[C@@H](C)C[C@H]2C1. The number of rotatable bonds is 2. The van der Waals surface area contributed by atoms with Crippen LogP contribution in [0, 0.1) is 5.92 Å². The molecule has 4 heteroatoms. The fourth-order valence-corrected chi connectivity index (χ4v) is 2.64. The number of carbonyl (C=O) groups excluding carboxylic acids is 1. The average molecular weight is 213 g/mol. The highest BCUT2D eigenvalue weighted by atomic mass is 16.5. The Kier molecular flexibility index (Phi) is 3.26. The molecule has 2 rings (SSSR count). The second-order valence-electron chi connectivity index (χ2n) is 4.54. The molecule has 86 valence electrons. The molecule has 2 aliphatic heterocycles. The molecule has 0 saturated carbocycles. The quantitative estimate of drug-likeness (QED) is 0.676. The van der Waals surface area contributed by atoms with E-state index in [1.165, 1.54) is 0 Å². The third-order valence-electron chi connectivity index (χ3n) is 3.33.